The van der Waals surface area contributed by atoms with Gasteiger partial charge in [0.1, 0.15) is 5.75 Å². The second kappa shape index (κ2) is 7.22. The van der Waals surface area contributed by atoms with E-state index in [4.69, 9.17) is 9.26 Å². The summed E-state index contributed by atoms with van der Waals surface area (Å²) in [5.41, 5.74) is 0. The van der Waals surface area contributed by atoms with E-state index in [1.165, 1.54) is 19.3 Å². The van der Waals surface area contributed by atoms with Crippen molar-refractivity contribution < 1.29 is 9.26 Å². The van der Waals surface area contributed by atoms with Crippen LogP contribution in [0.15, 0.2) is 34.9 Å². The van der Waals surface area contributed by atoms with Crippen LogP contribution >= 0.6 is 0 Å². The molecule has 0 aliphatic carbocycles. The first-order valence-electron chi connectivity index (χ1n) is 7.60. The largest absolute Gasteiger partial charge is 0.485 e. The van der Waals surface area contributed by atoms with Gasteiger partial charge < -0.3 is 14.6 Å². The molecule has 1 aromatic heterocycles. The van der Waals surface area contributed by atoms with Crippen LogP contribution < -0.4 is 10.1 Å². The third kappa shape index (κ3) is 4.29. The molecule has 112 valence electrons. The minimum atomic E-state index is 0.347. The lowest BCUT2D eigenvalue weighted by Gasteiger charge is -2.09. The SMILES string of the molecule is c1ccc(OCc2noc(CC3CCCNCC3)n2)cc1. The van der Waals surface area contributed by atoms with Crippen LogP contribution in [0.5, 0.6) is 5.75 Å². The Kier molecular flexibility index (Phi) is 4.84. The Bertz CT molecular complexity index is 533. The fourth-order valence-electron chi connectivity index (χ4n) is 2.64. The maximum atomic E-state index is 5.62. The molecule has 0 bridgehead atoms. The molecule has 5 heteroatoms. The van der Waals surface area contributed by atoms with Gasteiger partial charge in [-0.25, -0.2) is 0 Å². The van der Waals surface area contributed by atoms with Gasteiger partial charge in [-0.05, 0) is 50.4 Å². The molecule has 2 aromatic rings. The van der Waals surface area contributed by atoms with E-state index >= 15 is 0 Å². The van der Waals surface area contributed by atoms with Crippen LogP contribution in [-0.2, 0) is 13.0 Å². The molecule has 5 nitrogen and oxygen atoms in total. The number of nitrogens with zero attached hydrogens (tertiary/aromatic N) is 2. The van der Waals surface area contributed by atoms with Gasteiger partial charge in [-0.3, -0.25) is 0 Å². The van der Waals surface area contributed by atoms with Crippen LogP contribution in [0.2, 0.25) is 0 Å². The molecule has 1 aliphatic heterocycles. The van der Waals surface area contributed by atoms with Gasteiger partial charge in [0.15, 0.2) is 6.61 Å². The van der Waals surface area contributed by atoms with Crippen molar-refractivity contribution in [2.75, 3.05) is 13.1 Å². The lowest BCUT2D eigenvalue weighted by atomic mass is 9.97. The maximum Gasteiger partial charge on any atom is 0.227 e. The minimum absolute atomic E-state index is 0.347. The monoisotopic (exact) mass is 287 g/mol. The van der Waals surface area contributed by atoms with E-state index in [2.05, 4.69) is 15.5 Å². The zero-order valence-corrected chi connectivity index (χ0v) is 12.1. The molecule has 0 saturated carbocycles. The fraction of sp³-hybridized carbons (Fsp3) is 0.500. The van der Waals surface area contributed by atoms with Crippen molar-refractivity contribution >= 4 is 0 Å². The first-order valence-corrected chi connectivity index (χ1v) is 7.60. The second-order valence-electron chi connectivity index (χ2n) is 5.46. The lowest BCUT2D eigenvalue weighted by molar-refractivity contribution is 0.283. The van der Waals surface area contributed by atoms with Crippen molar-refractivity contribution in [2.24, 2.45) is 5.92 Å². The molecule has 0 spiro atoms. The highest BCUT2D eigenvalue weighted by molar-refractivity contribution is 5.20. The Morgan fingerprint density at radius 3 is 3.00 bits per heavy atom. The first kappa shape index (κ1) is 14.1. The predicted octanol–water partition coefficient (Wildman–Crippen LogP) is 2.58. The summed E-state index contributed by atoms with van der Waals surface area (Å²) in [6.07, 6.45) is 4.51. The molecule has 0 radical (unpaired) electrons. The number of rotatable bonds is 5. The maximum absolute atomic E-state index is 5.62. The Labute approximate surface area is 124 Å². The molecule has 1 fully saturated rings. The van der Waals surface area contributed by atoms with Gasteiger partial charge in [-0.15, -0.1) is 0 Å². The molecule has 2 heterocycles. The van der Waals surface area contributed by atoms with Crippen LogP contribution in [0.4, 0.5) is 0 Å². The Morgan fingerprint density at radius 2 is 2.10 bits per heavy atom. The Balaban J connectivity index is 1.51. The highest BCUT2D eigenvalue weighted by Crippen LogP contribution is 2.18. The Morgan fingerprint density at radius 1 is 1.19 bits per heavy atom. The van der Waals surface area contributed by atoms with Crippen molar-refractivity contribution in [3.63, 3.8) is 0 Å². The quantitative estimate of drug-likeness (QED) is 0.916. The second-order valence-corrected chi connectivity index (χ2v) is 5.46. The molecule has 1 aliphatic rings. The molecule has 1 unspecified atom stereocenters. The van der Waals surface area contributed by atoms with E-state index in [-0.39, 0.29) is 0 Å². The van der Waals surface area contributed by atoms with Crippen LogP contribution in [0.3, 0.4) is 0 Å². The summed E-state index contributed by atoms with van der Waals surface area (Å²) >= 11 is 0. The molecular weight excluding hydrogens is 266 g/mol. The minimum Gasteiger partial charge on any atom is -0.485 e. The number of aromatic nitrogens is 2. The van der Waals surface area contributed by atoms with Crippen LogP contribution in [0.25, 0.3) is 0 Å². The number of ether oxygens (including phenoxy) is 1. The van der Waals surface area contributed by atoms with Crippen molar-refractivity contribution in [1.29, 1.82) is 0 Å². The topological polar surface area (TPSA) is 60.2 Å². The van der Waals surface area contributed by atoms with Gasteiger partial charge in [-0.1, -0.05) is 23.4 Å². The number of para-hydroxylation sites is 1. The molecule has 21 heavy (non-hydrogen) atoms. The molecule has 1 N–H and O–H groups in total. The summed E-state index contributed by atoms with van der Waals surface area (Å²) in [6, 6.07) is 9.67. The molecule has 0 amide bonds. The van der Waals surface area contributed by atoms with Gasteiger partial charge >= 0.3 is 0 Å². The third-order valence-electron chi connectivity index (χ3n) is 3.78. The van der Waals surface area contributed by atoms with Gasteiger partial charge in [-0.2, -0.15) is 4.98 Å². The average molecular weight is 287 g/mol. The summed E-state index contributed by atoms with van der Waals surface area (Å²) in [4.78, 5) is 4.43. The van der Waals surface area contributed by atoms with Crippen molar-refractivity contribution in [3.8, 4) is 5.75 Å². The van der Waals surface area contributed by atoms with Crippen molar-refractivity contribution in [1.82, 2.24) is 15.5 Å². The van der Waals surface area contributed by atoms with Gasteiger partial charge in [0.2, 0.25) is 11.7 Å². The Hall–Kier alpha value is -1.88. The molecule has 1 aromatic carbocycles. The standard InChI is InChI=1S/C16H21N3O2/c1-2-6-14(7-3-1)20-12-15-18-16(21-19-15)11-13-5-4-9-17-10-8-13/h1-3,6-7,13,17H,4-5,8-12H2. The number of hydrogen-bond acceptors (Lipinski definition) is 5. The van der Waals surface area contributed by atoms with E-state index in [1.807, 2.05) is 30.3 Å². The fourth-order valence-corrected chi connectivity index (χ4v) is 2.64. The van der Waals surface area contributed by atoms with Crippen molar-refractivity contribution in [2.45, 2.75) is 32.3 Å². The first-order chi connectivity index (χ1) is 10.4. The van der Waals surface area contributed by atoms with Gasteiger partial charge in [0, 0.05) is 6.42 Å². The lowest BCUT2D eigenvalue weighted by Crippen LogP contribution is -2.14. The number of nitrogens with one attached hydrogen (secondary N) is 1. The van der Waals surface area contributed by atoms with Crippen LogP contribution in [0, 0.1) is 5.92 Å². The zero-order chi connectivity index (χ0) is 14.3. The number of benzene rings is 1. The highest BCUT2D eigenvalue weighted by atomic mass is 16.5. The van der Waals surface area contributed by atoms with E-state index in [0.717, 1.165) is 31.2 Å². The van der Waals surface area contributed by atoms with Gasteiger partial charge in [0.25, 0.3) is 0 Å². The smallest absolute Gasteiger partial charge is 0.227 e. The summed E-state index contributed by atoms with van der Waals surface area (Å²) < 4.78 is 11.0. The zero-order valence-electron chi connectivity index (χ0n) is 12.1. The summed E-state index contributed by atoms with van der Waals surface area (Å²) in [6.45, 7) is 2.55. The molecule has 1 atom stereocenters. The van der Waals surface area contributed by atoms with E-state index in [0.29, 0.717) is 18.3 Å². The van der Waals surface area contributed by atoms with Crippen LogP contribution in [-0.4, -0.2) is 23.2 Å². The normalized spacial score (nSPS) is 19.1. The van der Waals surface area contributed by atoms with E-state index in [1.54, 1.807) is 0 Å². The van der Waals surface area contributed by atoms with Crippen molar-refractivity contribution in [3.05, 3.63) is 42.0 Å². The number of hydrogen-bond donors (Lipinski definition) is 1. The molecule has 3 rings (SSSR count). The average Bonchev–Trinajstić information content (AvgIpc) is 2.80. The third-order valence-corrected chi connectivity index (χ3v) is 3.78. The highest BCUT2D eigenvalue weighted by Gasteiger charge is 2.16. The summed E-state index contributed by atoms with van der Waals surface area (Å²) in [5, 5.41) is 7.41. The molecular formula is C16H21N3O2. The van der Waals surface area contributed by atoms with Gasteiger partial charge in [0.05, 0.1) is 0 Å². The summed E-state index contributed by atoms with van der Waals surface area (Å²) in [5.74, 6) is 2.80. The summed E-state index contributed by atoms with van der Waals surface area (Å²) in [7, 11) is 0. The van der Waals surface area contributed by atoms with E-state index < -0.39 is 0 Å². The van der Waals surface area contributed by atoms with Crippen LogP contribution in [0.1, 0.15) is 31.0 Å². The predicted molar refractivity (Wildman–Crippen MR) is 79.0 cm³/mol. The van der Waals surface area contributed by atoms with E-state index in [9.17, 15) is 0 Å². The molecule has 1 saturated heterocycles.